The third-order valence-electron chi connectivity index (χ3n) is 1.40. The number of methoxy groups -OCH3 is 1. The van der Waals surface area contributed by atoms with Crippen molar-refractivity contribution in [3.63, 3.8) is 0 Å². The summed E-state index contributed by atoms with van der Waals surface area (Å²) in [4.78, 5) is 0. The van der Waals surface area contributed by atoms with Gasteiger partial charge in [-0.05, 0) is 30.5 Å². The topological polar surface area (TPSA) is 18.5 Å². The maximum absolute atomic E-state index is 5.36. The van der Waals surface area contributed by atoms with E-state index in [0.29, 0.717) is 5.94 Å². The Morgan fingerprint density at radius 1 is 1.17 bits per heavy atom. The van der Waals surface area contributed by atoms with Crippen molar-refractivity contribution in [3.8, 4) is 11.5 Å². The second kappa shape index (κ2) is 4.93. The number of hydrogen-bond acceptors (Lipinski definition) is 3. The highest BCUT2D eigenvalue weighted by molar-refractivity contribution is 7.98. The molecule has 2 nitrogen and oxygen atoms in total. The molecule has 0 fully saturated rings. The fourth-order valence-corrected chi connectivity index (χ4v) is 1.05. The predicted octanol–water partition coefficient (Wildman–Crippen LogP) is 2.39. The average molecular weight is 184 g/mol. The largest absolute Gasteiger partial charge is 0.497 e. The molecule has 66 valence electrons. The first-order chi connectivity index (χ1) is 5.86. The zero-order valence-electron chi connectivity index (χ0n) is 7.24. The summed E-state index contributed by atoms with van der Waals surface area (Å²) in [5, 5.41) is 0. The van der Waals surface area contributed by atoms with E-state index in [2.05, 4.69) is 0 Å². The van der Waals surface area contributed by atoms with Crippen molar-refractivity contribution in [1.29, 1.82) is 0 Å². The van der Waals surface area contributed by atoms with Crippen LogP contribution in [-0.2, 0) is 0 Å². The standard InChI is InChI=1S/C9H12O2S/c1-10-8-3-5-9(6-4-8)11-7-12-2/h3-6H,7H2,1-2H3. The first-order valence-corrected chi connectivity index (χ1v) is 5.02. The summed E-state index contributed by atoms with van der Waals surface area (Å²) < 4.78 is 10.4. The molecule has 0 atom stereocenters. The van der Waals surface area contributed by atoms with Gasteiger partial charge in [-0.3, -0.25) is 0 Å². The summed E-state index contributed by atoms with van der Waals surface area (Å²) in [5.74, 6) is 2.42. The summed E-state index contributed by atoms with van der Waals surface area (Å²) in [6.07, 6.45) is 2.00. The lowest BCUT2D eigenvalue weighted by molar-refractivity contribution is 0.388. The van der Waals surface area contributed by atoms with Gasteiger partial charge in [0.05, 0.1) is 7.11 Å². The monoisotopic (exact) mass is 184 g/mol. The summed E-state index contributed by atoms with van der Waals surface area (Å²) in [5.41, 5.74) is 0. The molecule has 12 heavy (non-hydrogen) atoms. The fourth-order valence-electron chi connectivity index (χ4n) is 0.799. The van der Waals surface area contributed by atoms with Crippen molar-refractivity contribution < 1.29 is 9.47 Å². The van der Waals surface area contributed by atoms with Crippen molar-refractivity contribution >= 4 is 11.8 Å². The Balaban J connectivity index is 2.53. The molecule has 0 saturated carbocycles. The van der Waals surface area contributed by atoms with Crippen LogP contribution in [0, 0.1) is 0 Å². The number of ether oxygens (including phenoxy) is 2. The lowest BCUT2D eigenvalue weighted by Crippen LogP contribution is -1.91. The maximum Gasteiger partial charge on any atom is 0.133 e. The highest BCUT2D eigenvalue weighted by Crippen LogP contribution is 2.17. The van der Waals surface area contributed by atoms with Gasteiger partial charge in [0.25, 0.3) is 0 Å². The van der Waals surface area contributed by atoms with Gasteiger partial charge in [-0.2, -0.15) is 0 Å². The SMILES string of the molecule is COc1ccc(OCSC)cc1. The van der Waals surface area contributed by atoms with Gasteiger partial charge in [0.1, 0.15) is 17.4 Å². The lowest BCUT2D eigenvalue weighted by atomic mass is 10.3. The van der Waals surface area contributed by atoms with Gasteiger partial charge in [0.15, 0.2) is 0 Å². The predicted molar refractivity (Wildman–Crippen MR) is 52.0 cm³/mol. The smallest absolute Gasteiger partial charge is 0.133 e. The molecule has 0 spiro atoms. The van der Waals surface area contributed by atoms with Gasteiger partial charge in [-0.15, -0.1) is 11.8 Å². The van der Waals surface area contributed by atoms with Crippen molar-refractivity contribution in [2.75, 3.05) is 19.3 Å². The van der Waals surface area contributed by atoms with Gasteiger partial charge in [0.2, 0.25) is 0 Å². The van der Waals surface area contributed by atoms with Crippen LogP contribution in [0.5, 0.6) is 11.5 Å². The zero-order chi connectivity index (χ0) is 8.81. The van der Waals surface area contributed by atoms with Crippen LogP contribution in [-0.4, -0.2) is 19.3 Å². The number of rotatable bonds is 4. The van der Waals surface area contributed by atoms with E-state index in [-0.39, 0.29) is 0 Å². The summed E-state index contributed by atoms with van der Waals surface area (Å²) in [6, 6.07) is 7.56. The van der Waals surface area contributed by atoms with Crippen LogP contribution >= 0.6 is 11.8 Å². The Kier molecular flexibility index (Phi) is 3.80. The van der Waals surface area contributed by atoms with Gasteiger partial charge in [-0.25, -0.2) is 0 Å². The normalized spacial score (nSPS) is 9.50. The van der Waals surface area contributed by atoms with Crippen LogP contribution in [0.15, 0.2) is 24.3 Å². The Hall–Kier alpha value is -0.830. The van der Waals surface area contributed by atoms with Crippen LogP contribution in [0.4, 0.5) is 0 Å². The number of benzene rings is 1. The van der Waals surface area contributed by atoms with Crippen molar-refractivity contribution in [3.05, 3.63) is 24.3 Å². The first-order valence-electron chi connectivity index (χ1n) is 3.62. The number of hydrogen-bond donors (Lipinski definition) is 0. The van der Waals surface area contributed by atoms with E-state index in [1.807, 2.05) is 30.5 Å². The molecule has 3 heteroatoms. The molecule has 0 aliphatic rings. The van der Waals surface area contributed by atoms with Crippen LogP contribution in [0.1, 0.15) is 0 Å². The third-order valence-corrected chi connectivity index (χ3v) is 1.76. The molecule has 0 aromatic heterocycles. The molecule has 0 aliphatic carbocycles. The molecule has 0 bridgehead atoms. The molecule has 0 saturated heterocycles. The van der Waals surface area contributed by atoms with Crippen LogP contribution in [0.2, 0.25) is 0 Å². The molecule has 0 aliphatic heterocycles. The lowest BCUT2D eigenvalue weighted by Gasteiger charge is -2.04. The van der Waals surface area contributed by atoms with Crippen LogP contribution < -0.4 is 9.47 Å². The van der Waals surface area contributed by atoms with Gasteiger partial charge < -0.3 is 9.47 Å². The minimum atomic E-state index is 0.687. The van der Waals surface area contributed by atoms with Gasteiger partial charge in [-0.1, -0.05) is 0 Å². The minimum absolute atomic E-state index is 0.687. The highest BCUT2D eigenvalue weighted by atomic mass is 32.2. The van der Waals surface area contributed by atoms with E-state index < -0.39 is 0 Å². The van der Waals surface area contributed by atoms with E-state index in [0.717, 1.165) is 11.5 Å². The summed E-state index contributed by atoms with van der Waals surface area (Å²) in [7, 11) is 1.65. The molecule has 0 amide bonds. The highest BCUT2D eigenvalue weighted by Gasteiger charge is 1.92. The Labute approximate surface area is 76.9 Å². The third kappa shape index (κ3) is 2.66. The molecule has 0 unspecified atom stereocenters. The van der Waals surface area contributed by atoms with Gasteiger partial charge in [0, 0.05) is 0 Å². The fraction of sp³-hybridized carbons (Fsp3) is 0.333. The first kappa shape index (κ1) is 9.26. The van der Waals surface area contributed by atoms with E-state index in [4.69, 9.17) is 9.47 Å². The van der Waals surface area contributed by atoms with Crippen LogP contribution in [0.25, 0.3) is 0 Å². The Morgan fingerprint density at radius 3 is 2.25 bits per heavy atom. The molecular weight excluding hydrogens is 172 g/mol. The minimum Gasteiger partial charge on any atom is -0.497 e. The van der Waals surface area contributed by atoms with E-state index in [9.17, 15) is 0 Å². The molecular formula is C9H12O2S. The average Bonchev–Trinajstić information content (AvgIpc) is 2.15. The summed E-state index contributed by atoms with van der Waals surface area (Å²) in [6.45, 7) is 0. The molecule has 0 radical (unpaired) electrons. The Morgan fingerprint density at radius 2 is 1.75 bits per heavy atom. The van der Waals surface area contributed by atoms with E-state index in [1.54, 1.807) is 18.9 Å². The second-order valence-corrected chi connectivity index (χ2v) is 3.04. The van der Waals surface area contributed by atoms with Crippen molar-refractivity contribution in [2.45, 2.75) is 0 Å². The summed E-state index contributed by atoms with van der Waals surface area (Å²) >= 11 is 1.65. The van der Waals surface area contributed by atoms with Crippen LogP contribution in [0.3, 0.4) is 0 Å². The van der Waals surface area contributed by atoms with Gasteiger partial charge >= 0.3 is 0 Å². The molecule has 0 N–H and O–H groups in total. The quantitative estimate of drug-likeness (QED) is 0.669. The Bertz CT molecular complexity index is 220. The van der Waals surface area contributed by atoms with E-state index >= 15 is 0 Å². The maximum atomic E-state index is 5.36. The van der Waals surface area contributed by atoms with E-state index in [1.165, 1.54) is 0 Å². The van der Waals surface area contributed by atoms with Crippen molar-refractivity contribution in [1.82, 2.24) is 0 Å². The molecule has 1 rings (SSSR count). The molecule has 1 aromatic carbocycles. The molecule has 1 aromatic rings. The van der Waals surface area contributed by atoms with Crippen molar-refractivity contribution in [2.24, 2.45) is 0 Å². The zero-order valence-corrected chi connectivity index (χ0v) is 8.06. The second-order valence-electron chi connectivity index (χ2n) is 2.23. The number of thioether (sulfide) groups is 1. The molecule has 0 heterocycles.